The molecule has 3 aromatic rings. The monoisotopic (exact) mass is 340 g/mol. The average Bonchev–Trinajstić information content (AvgIpc) is 3.01. The molecular formula is C17H16N4O2S. The SMILES string of the molecule is Cc1ccc(-c2csc(NC(=O)c3ccc(=O)n(C)n3)n2)cc1C. The molecule has 1 amide bonds. The van der Waals surface area contributed by atoms with Gasteiger partial charge >= 0.3 is 0 Å². The molecule has 0 spiro atoms. The minimum Gasteiger partial charge on any atom is -0.296 e. The van der Waals surface area contributed by atoms with Crippen LogP contribution in [0.1, 0.15) is 21.6 Å². The maximum atomic E-state index is 12.2. The zero-order valence-electron chi connectivity index (χ0n) is 13.5. The molecule has 0 aliphatic carbocycles. The third-order valence-electron chi connectivity index (χ3n) is 3.72. The van der Waals surface area contributed by atoms with Crippen LogP contribution in [0.15, 0.2) is 40.5 Å². The fourth-order valence-corrected chi connectivity index (χ4v) is 2.86. The first-order chi connectivity index (χ1) is 11.4. The molecule has 0 aliphatic heterocycles. The highest BCUT2D eigenvalue weighted by Gasteiger charge is 2.12. The van der Waals surface area contributed by atoms with Gasteiger partial charge in [0.25, 0.3) is 11.5 Å². The quantitative estimate of drug-likeness (QED) is 0.795. The molecule has 0 radical (unpaired) electrons. The van der Waals surface area contributed by atoms with Crippen LogP contribution in [-0.2, 0) is 7.05 Å². The van der Waals surface area contributed by atoms with Gasteiger partial charge in [0.2, 0.25) is 0 Å². The molecule has 0 fully saturated rings. The van der Waals surface area contributed by atoms with Crippen molar-refractivity contribution >= 4 is 22.4 Å². The highest BCUT2D eigenvalue weighted by atomic mass is 32.1. The van der Waals surface area contributed by atoms with Gasteiger partial charge in [-0.15, -0.1) is 11.3 Å². The lowest BCUT2D eigenvalue weighted by Crippen LogP contribution is -2.23. The summed E-state index contributed by atoms with van der Waals surface area (Å²) in [5.74, 6) is -0.397. The molecule has 24 heavy (non-hydrogen) atoms. The fraction of sp³-hybridized carbons (Fsp3) is 0.176. The van der Waals surface area contributed by atoms with E-state index in [1.165, 1.54) is 41.6 Å². The number of hydrogen-bond acceptors (Lipinski definition) is 5. The van der Waals surface area contributed by atoms with Crippen LogP contribution in [-0.4, -0.2) is 20.7 Å². The Labute approximate surface area is 142 Å². The van der Waals surface area contributed by atoms with E-state index in [-0.39, 0.29) is 11.3 Å². The Hall–Kier alpha value is -2.80. The average molecular weight is 340 g/mol. The molecule has 0 bridgehead atoms. The lowest BCUT2D eigenvalue weighted by Gasteiger charge is -2.03. The first-order valence-corrected chi connectivity index (χ1v) is 8.21. The summed E-state index contributed by atoms with van der Waals surface area (Å²) in [5.41, 5.74) is 4.14. The van der Waals surface area contributed by atoms with Gasteiger partial charge in [0.1, 0.15) is 5.69 Å². The van der Waals surface area contributed by atoms with E-state index in [0.29, 0.717) is 5.13 Å². The van der Waals surface area contributed by atoms with Gasteiger partial charge in [0, 0.05) is 24.1 Å². The van der Waals surface area contributed by atoms with Crippen molar-refractivity contribution in [3.63, 3.8) is 0 Å². The summed E-state index contributed by atoms with van der Waals surface area (Å²) in [6.45, 7) is 4.12. The van der Waals surface area contributed by atoms with Crippen molar-refractivity contribution in [2.24, 2.45) is 7.05 Å². The molecular weight excluding hydrogens is 324 g/mol. The van der Waals surface area contributed by atoms with E-state index in [2.05, 4.69) is 41.4 Å². The molecule has 0 saturated heterocycles. The Morgan fingerprint density at radius 1 is 1.17 bits per heavy atom. The van der Waals surface area contributed by atoms with Crippen molar-refractivity contribution in [3.8, 4) is 11.3 Å². The van der Waals surface area contributed by atoms with E-state index in [1.54, 1.807) is 0 Å². The molecule has 0 saturated carbocycles. The second kappa shape index (κ2) is 6.37. The maximum Gasteiger partial charge on any atom is 0.277 e. The van der Waals surface area contributed by atoms with Crippen molar-refractivity contribution in [2.75, 3.05) is 5.32 Å². The summed E-state index contributed by atoms with van der Waals surface area (Å²) in [6.07, 6.45) is 0. The van der Waals surface area contributed by atoms with Crippen LogP contribution >= 0.6 is 11.3 Å². The van der Waals surface area contributed by atoms with Crippen LogP contribution in [0, 0.1) is 13.8 Å². The number of nitrogens with one attached hydrogen (secondary N) is 1. The zero-order chi connectivity index (χ0) is 17.3. The van der Waals surface area contributed by atoms with Crippen LogP contribution < -0.4 is 10.9 Å². The third kappa shape index (κ3) is 3.26. The number of aromatic nitrogens is 3. The minimum absolute atomic E-state index is 0.167. The lowest BCUT2D eigenvalue weighted by atomic mass is 10.1. The second-order valence-electron chi connectivity index (χ2n) is 5.47. The highest BCUT2D eigenvalue weighted by molar-refractivity contribution is 7.14. The van der Waals surface area contributed by atoms with E-state index in [0.717, 1.165) is 15.9 Å². The van der Waals surface area contributed by atoms with Gasteiger partial charge < -0.3 is 0 Å². The molecule has 7 heteroatoms. The minimum atomic E-state index is -0.397. The molecule has 6 nitrogen and oxygen atoms in total. The molecule has 1 aromatic carbocycles. The van der Waals surface area contributed by atoms with Gasteiger partial charge in [0.15, 0.2) is 5.13 Å². The summed E-state index contributed by atoms with van der Waals surface area (Å²) in [5, 5.41) is 9.02. The van der Waals surface area contributed by atoms with Crippen molar-refractivity contribution in [3.05, 3.63) is 62.9 Å². The van der Waals surface area contributed by atoms with Crippen LogP contribution in [0.3, 0.4) is 0 Å². The highest BCUT2D eigenvalue weighted by Crippen LogP contribution is 2.26. The number of hydrogen-bond donors (Lipinski definition) is 1. The van der Waals surface area contributed by atoms with Gasteiger partial charge in [0.05, 0.1) is 5.69 Å². The summed E-state index contributed by atoms with van der Waals surface area (Å²) in [4.78, 5) is 28.0. The largest absolute Gasteiger partial charge is 0.296 e. The van der Waals surface area contributed by atoms with Crippen LogP contribution in [0.4, 0.5) is 5.13 Å². The van der Waals surface area contributed by atoms with Crippen LogP contribution in [0.5, 0.6) is 0 Å². The van der Waals surface area contributed by atoms with E-state index in [4.69, 9.17) is 0 Å². The topological polar surface area (TPSA) is 76.9 Å². The van der Waals surface area contributed by atoms with Gasteiger partial charge in [-0.25, -0.2) is 9.67 Å². The first-order valence-electron chi connectivity index (χ1n) is 7.33. The van der Waals surface area contributed by atoms with Gasteiger partial charge in [-0.05, 0) is 37.1 Å². The fourth-order valence-electron chi connectivity index (χ4n) is 2.15. The predicted molar refractivity (Wildman–Crippen MR) is 94.5 cm³/mol. The molecule has 122 valence electrons. The number of carbonyl (C=O) groups excluding carboxylic acids is 1. The van der Waals surface area contributed by atoms with Crippen molar-refractivity contribution < 1.29 is 4.79 Å². The molecule has 3 rings (SSSR count). The zero-order valence-corrected chi connectivity index (χ0v) is 14.3. The molecule has 1 N–H and O–H groups in total. The number of carbonyl (C=O) groups is 1. The Bertz CT molecular complexity index is 975. The summed E-state index contributed by atoms with van der Waals surface area (Å²) >= 11 is 1.35. The second-order valence-corrected chi connectivity index (χ2v) is 6.33. The van der Waals surface area contributed by atoms with E-state index < -0.39 is 5.91 Å². The van der Waals surface area contributed by atoms with E-state index in [1.807, 2.05) is 11.4 Å². The van der Waals surface area contributed by atoms with Crippen molar-refractivity contribution in [1.82, 2.24) is 14.8 Å². The van der Waals surface area contributed by atoms with E-state index >= 15 is 0 Å². The molecule has 2 aromatic heterocycles. The Morgan fingerprint density at radius 2 is 1.96 bits per heavy atom. The third-order valence-corrected chi connectivity index (χ3v) is 4.48. The number of benzene rings is 1. The number of rotatable bonds is 3. The lowest BCUT2D eigenvalue weighted by molar-refractivity contribution is 0.102. The normalized spacial score (nSPS) is 10.6. The van der Waals surface area contributed by atoms with Crippen LogP contribution in [0.25, 0.3) is 11.3 Å². The smallest absolute Gasteiger partial charge is 0.277 e. The van der Waals surface area contributed by atoms with Gasteiger partial charge in [-0.3, -0.25) is 14.9 Å². The Kier molecular flexibility index (Phi) is 4.26. The Balaban J connectivity index is 1.80. The summed E-state index contributed by atoms with van der Waals surface area (Å²) in [7, 11) is 1.50. The number of anilines is 1. The summed E-state index contributed by atoms with van der Waals surface area (Å²) in [6, 6.07) is 8.85. The number of nitrogens with zero attached hydrogens (tertiary/aromatic N) is 3. The first kappa shape index (κ1) is 16.1. The van der Waals surface area contributed by atoms with Crippen LogP contribution in [0.2, 0.25) is 0 Å². The van der Waals surface area contributed by atoms with Crippen molar-refractivity contribution in [1.29, 1.82) is 0 Å². The number of amides is 1. The summed E-state index contributed by atoms with van der Waals surface area (Å²) < 4.78 is 1.12. The van der Waals surface area contributed by atoms with E-state index in [9.17, 15) is 9.59 Å². The molecule has 0 atom stereocenters. The standard InChI is InChI=1S/C17H16N4O2S/c1-10-4-5-12(8-11(10)2)14-9-24-17(18-14)19-16(23)13-6-7-15(22)21(3)20-13/h4-9H,1-3H3,(H,18,19,23). The predicted octanol–water partition coefficient (Wildman–Crippen LogP) is 2.77. The molecule has 0 unspecified atom stereocenters. The van der Waals surface area contributed by atoms with Gasteiger partial charge in [-0.1, -0.05) is 12.1 Å². The van der Waals surface area contributed by atoms with Crippen molar-refractivity contribution in [2.45, 2.75) is 13.8 Å². The molecule has 0 aliphatic rings. The molecule has 2 heterocycles. The number of aryl methyl sites for hydroxylation is 3. The number of thiazole rings is 1. The maximum absolute atomic E-state index is 12.2. The van der Waals surface area contributed by atoms with Gasteiger partial charge in [-0.2, -0.15) is 5.10 Å². The Morgan fingerprint density at radius 3 is 2.67 bits per heavy atom.